The minimum atomic E-state index is 0.565. The maximum absolute atomic E-state index is 4.42. The van der Waals surface area contributed by atoms with Gasteiger partial charge in [-0.1, -0.05) is 13.3 Å². The number of rotatable bonds is 4. The molecule has 0 aromatic carbocycles. The van der Waals surface area contributed by atoms with Gasteiger partial charge in [0.25, 0.3) is 0 Å². The van der Waals surface area contributed by atoms with Crippen LogP contribution in [0.1, 0.15) is 26.2 Å². The van der Waals surface area contributed by atoms with Gasteiger partial charge in [0.1, 0.15) is 12.1 Å². The van der Waals surface area contributed by atoms with Crippen LogP contribution in [0.2, 0.25) is 0 Å². The molecule has 1 N–H and O–H groups in total. The molecule has 2 atom stereocenters. The van der Waals surface area contributed by atoms with E-state index >= 15 is 0 Å². The first-order chi connectivity index (χ1) is 8.88. The first kappa shape index (κ1) is 12.2. The van der Waals surface area contributed by atoms with E-state index in [0.29, 0.717) is 6.04 Å². The Hall–Kier alpha value is -0.810. The molecule has 2 heterocycles. The lowest BCUT2D eigenvalue weighted by molar-refractivity contribution is 0.764. The van der Waals surface area contributed by atoms with Gasteiger partial charge >= 0.3 is 0 Å². The molecular formula is C13H17N3S2. The molecule has 0 radical (unpaired) electrons. The molecule has 18 heavy (non-hydrogen) atoms. The van der Waals surface area contributed by atoms with Gasteiger partial charge in [-0.15, -0.1) is 11.3 Å². The summed E-state index contributed by atoms with van der Waals surface area (Å²) < 4.78 is 1.18. The van der Waals surface area contributed by atoms with E-state index in [-0.39, 0.29) is 0 Å². The lowest BCUT2D eigenvalue weighted by Gasteiger charge is -2.20. The third-order valence-corrected chi connectivity index (χ3v) is 5.63. The highest BCUT2D eigenvalue weighted by molar-refractivity contribution is 7.99. The standard InChI is InChI=1S/C13H17N3S2/c1-2-17-11-5-3-4-9(11)16-13-12-10(6-7-18-12)14-8-15-13/h6-9,11H,2-5H2,1H3,(H,14,15,16). The topological polar surface area (TPSA) is 37.8 Å². The zero-order chi connectivity index (χ0) is 12.4. The number of nitrogens with zero attached hydrogens (tertiary/aromatic N) is 2. The maximum Gasteiger partial charge on any atom is 0.147 e. The van der Waals surface area contributed by atoms with Gasteiger partial charge in [0.15, 0.2) is 0 Å². The van der Waals surface area contributed by atoms with Crippen molar-refractivity contribution in [2.45, 2.75) is 37.5 Å². The van der Waals surface area contributed by atoms with Crippen molar-refractivity contribution in [3.63, 3.8) is 0 Å². The number of thiophene rings is 1. The number of thioether (sulfide) groups is 1. The smallest absolute Gasteiger partial charge is 0.147 e. The Morgan fingerprint density at radius 1 is 1.44 bits per heavy atom. The molecule has 2 unspecified atom stereocenters. The molecule has 1 aliphatic rings. The molecule has 3 nitrogen and oxygen atoms in total. The van der Waals surface area contributed by atoms with Crippen LogP contribution in [0.15, 0.2) is 17.8 Å². The summed E-state index contributed by atoms with van der Waals surface area (Å²) in [6.07, 6.45) is 5.58. The summed E-state index contributed by atoms with van der Waals surface area (Å²) in [5.74, 6) is 2.21. The largest absolute Gasteiger partial charge is 0.365 e. The highest BCUT2D eigenvalue weighted by Crippen LogP contribution is 2.33. The van der Waals surface area contributed by atoms with Crippen LogP contribution in [-0.2, 0) is 0 Å². The third kappa shape index (κ3) is 2.34. The van der Waals surface area contributed by atoms with Crippen LogP contribution in [0.3, 0.4) is 0 Å². The van der Waals surface area contributed by atoms with Crippen LogP contribution >= 0.6 is 23.1 Å². The van der Waals surface area contributed by atoms with E-state index in [0.717, 1.165) is 16.6 Å². The summed E-state index contributed by atoms with van der Waals surface area (Å²) in [5.41, 5.74) is 1.05. The monoisotopic (exact) mass is 279 g/mol. The average Bonchev–Trinajstić information content (AvgIpc) is 3.00. The molecular weight excluding hydrogens is 262 g/mol. The molecule has 0 bridgehead atoms. The van der Waals surface area contributed by atoms with Crippen LogP contribution in [0, 0.1) is 0 Å². The molecule has 0 amide bonds. The number of anilines is 1. The van der Waals surface area contributed by atoms with E-state index in [1.165, 1.54) is 29.7 Å². The molecule has 3 rings (SSSR count). The predicted octanol–water partition coefficient (Wildman–Crippen LogP) is 3.78. The van der Waals surface area contributed by atoms with E-state index in [2.05, 4.69) is 45.4 Å². The number of fused-ring (bicyclic) bond motifs is 1. The second-order valence-corrected chi connectivity index (χ2v) is 6.97. The van der Waals surface area contributed by atoms with Crippen molar-refractivity contribution in [3.05, 3.63) is 17.8 Å². The molecule has 96 valence electrons. The Kier molecular flexibility index (Phi) is 3.70. The summed E-state index contributed by atoms with van der Waals surface area (Å²) in [6.45, 7) is 2.24. The normalized spacial score (nSPS) is 23.6. The van der Waals surface area contributed by atoms with E-state index in [4.69, 9.17) is 0 Å². The molecule has 1 aliphatic carbocycles. The fourth-order valence-electron chi connectivity index (χ4n) is 2.57. The van der Waals surface area contributed by atoms with Crippen molar-refractivity contribution in [1.82, 2.24) is 9.97 Å². The fourth-order valence-corrected chi connectivity index (χ4v) is 4.57. The Bertz CT molecular complexity index is 526. The van der Waals surface area contributed by atoms with Gasteiger partial charge in [-0.25, -0.2) is 9.97 Å². The van der Waals surface area contributed by atoms with E-state index in [9.17, 15) is 0 Å². The van der Waals surface area contributed by atoms with E-state index < -0.39 is 0 Å². The lowest BCUT2D eigenvalue weighted by atomic mass is 10.2. The molecule has 2 aromatic rings. The summed E-state index contributed by atoms with van der Waals surface area (Å²) >= 11 is 3.79. The van der Waals surface area contributed by atoms with Crippen LogP contribution in [0.5, 0.6) is 0 Å². The van der Waals surface area contributed by atoms with Gasteiger partial charge in [0, 0.05) is 11.3 Å². The molecule has 0 spiro atoms. The second kappa shape index (κ2) is 5.45. The zero-order valence-corrected chi connectivity index (χ0v) is 12.1. The first-order valence-corrected chi connectivity index (χ1v) is 8.37. The molecule has 1 fully saturated rings. The van der Waals surface area contributed by atoms with Gasteiger partial charge in [-0.3, -0.25) is 0 Å². The van der Waals surface area contributed by atoms with Gasteiger partial charge in [-0.05, 0) is 30.0 Å². The maximum atomic E-state index is 4.42. The minimum absolute atomic E-state index is 0.565. The lowest BCUT2D eigenvalue weighted by Crippen LogP contribution is -2.26. The van der Waals surface area contributed by atoms with Crippen LogP contribution in [-0.4, -0.2) is 27.0 Å². The van der Waals surface area contributed by atoms with Gasteiger partial charge in [-0.2, -0.15) is 11.8 Å². The summed E-state index contributed by atoms with van der Waals surface area (Å²) in [7, 11) is 0. The van der Waals surface area contributed by atoms with Crippen molar-refractivity contribution in [2.75, 3.05) is 11.1 Å². The summed E-state index contributed by atoms with van der Waals surface area (Å²) in [6, 6.07) is 2.62. The zero-order valence-electron chi connectivity index (χ0n) is 10.4. The molecule has 5 heteroatoms. The van der Waals surface area contributed by atoms with Gasteiger partial charge < -0.3 is 5.32 Å². The molecule has 2 aromatic heterocycles. The van der Waals surface area contributed by atoms with Crippen molar-refractivity contribution < 1.29 is 0 Å². The van der Waals surface area contributed by atoms with Crippen LogP contribution in [0.25, 0.3) is 10.2 Å². The van der Waals surface area contributed by atoms with E-state index in [1.54, 1.807) is 17.7 Å². The van der Waals surface area contributed by atoms with Crippen molar-refractivity contribution >= 4 is 39.1 Å². The van der Waals surface area contributed by atoms with Gasteiger partial charge in [0.2, 0.25) is 0 Å². The highest BCUT2D eigenvalue weighted by atomic mass is 32.2. The second-order valence-electron chi connectivity index (χ2n) is 4.53. The van der Waals surface area contributed by atoms with Crippen LogP contribution in [0.4, 0.5) is 5.82 Å². The van der Waals surface area contributed by atoms with Crippen LogP contribution < -0.4 is 5.32 Å². The fraction of sp³-hybridized carbons (Fsp3) is 0.538. The minimum Gasteiger partial charge on any atom is -0.365 e. The molecule has 0 aliphatic heterocycles. The number of hydrogen-bond acceptors (Lipinski definition) is 5. The Balaban J connectivity index is 1.81. The number of nitrogens with one attached hydrogen (secondary N) is 1. The predicted molar refractivity (Wildman–Crippen MR) is 80.6 cm³/mol. The quantitative estimate of drug-likeness (QED) is 0.924. The van der Waals surface area contributed by atoms with Crippen molar-refractivity contribution in [2.24, 2.45) is 0 Å². The average molecular weight is 279 g/mol. The molecule has 1 saturated carbocycles. The summed E-state index contributed by atoms with van der Waals surface area (Å²) in [4.78, 5) is 8.70. The summed E-state index contributed by atoms with van der Waals surface area (Å²) in [5, 5.41) is 6.46. The Morgan fingerprint density at radius 2 is 2.39 bits per heavy atom. The first-order valence-electron chi connectivity index (χ1n) is 6.45. The Morgan fingerprint density at radius 3 is 3.28 bits per heavy atom. The van der Waals surface area contributed by atoms with Crippen molar-refractivity contribution in [1.29, 1.82) is 0 Å². The molecule has 0 saturated heterocycles. The number of hydrogen-bond donors (Lipinski definition) is 1. The van der Waals surface area contributed by atoms with Gasteiger partial charge in [0.05, 0.1) is 10.2 Å². The van der Waals surface area contributed by atoms with E-state index in [1.807, 2.05) is 0 Å². The van der Waals surface area contributed by atoms with Crippen molar-refractivity contribution in [3.8, 4) is 0 Å². The highest BCUT2D eigenvalue weighted by Gasteiger charge is 2.27. The third-order valence-electron chi connectivity index (χ3n) is 3.40. The SMILES string of the molecule is CCSC1CCCC1Nc1ncnc2ccsc12. The number of aromatic nitrogens is 2. The Labute approximate surface area is 115 Å².